The van der Waals surface area contributed by atoms with E-state index in [4.69, 9.17) is 0 Å². The fourth-order valence-electron chi connectivity index (χ4n) is 1.87. The molecule has 0 saturated carbocycles. The van der Waals surface area contributed by atoms with Crippen molar-refractivity contribution >= 4 is 11.8 Å². The number of carbonyl (C=O) groups excluding carboxylic acids is 2. The van der Waals surface area contributed by atoms with E-state index in [1.807, 2.05) is 0 Å². The van der Waals surface area contributed by atoms with Gasteiger partial charge in [0.25, 0.3) is 0 Å². The molecule has 5 nitrogen and oxygen atoms in total. The lowest BCUT2D eigenvalue weighted by molar-refractivity contribution is -0.139. The van der Waals surface area contributed by atoms with Gasteiger partial charge in [0.05, 0.1) is 19.1 Å². The highest BCUT2D eigenvalue weighted by atomic mass is 16.5. The molecule has 0 aliphatic rings. The van der Waals surface area contributed by atoms with Gasteiger partial charge < -0.3 is 14.9 Å². The molecule has 98 valence electrons. The van der Waals surface area contributed by atoms with Crippen molar-refractivity contribution < 1.29 is 24.5 Å². The van der Waals surface area contributed by atoms with Crippen LogP contribution in [-0.2, 0) is 16.0 Å². The molecule has 0 aliphatic carbocycles. The summed E-state index contributed by atoms with van der Waals surface area (Å²) < 4.78 is 4.54. The zero-order valence-electron chi connectivity index (χ0n) is 10.8. The Hall–Kier alpha value is -2.04. The first-order chi connectivity index (χ1) is 8.31. The summed E-state index contributed by atoms with van der Waals surface area (Å²) >= 11 is 0. The third kappa shape index (κ3) is 2.30. The normalized spacial score (nSPS) is 10.2. The zero-order chi connectivity index (χ0) is 14.0. The molecule has 0 unspecified atom stereocenters. The maximum absolute atomic E-state index is 11.6. The maximum atomic E-state index is 11.6. The number of hydrogen-bond acceptors (Lipinski definition) is 5. The Kier molecular flexibility index (Phi) is 3.96. The van der Waals surface area contributed by atoms with Crippen molar-refractivity contribution in [1.29, 1.82) is 0 Å². The van der Waals surface area contributed by atoms with E-state index in [1.54, 1.807) is 6.92 Å². The number of aromatic hydroxyl groups is 2. The Morgan fingerprint density at radius 1 is 1.11 bits per heavy atom. The number of ether oxygens (including phenoxy) is 1. The Bertz CT molecular complexity index is 517. The number of ketones is 1. The topological polar surface area (TPSA) is 83.8 Å². The van der Waals surface area contributed by atoms with Gasteiger partial charge in [0.15, 0.2) is 5.78 Å². The Morgan fingerprint density at radius 2 is 1.67 bits per heavy atom. The summed E-state index contributed by atoms with van der Waals surface area (Å²) in [6.45, 7) is 4.39. The molecule has 18 heavy (non-hydrogen) atoms. The van der Waals surface area contributed by atoms with Crippen LogP contribution in [0.2, 0.25) is 0 Å². The summed E-state index contributed by atoms with van der Waals surface area (Å²) in [5.41, 5.74) is 0.996. The average Bonchev–Trinajstić information content (AvgIpc) is 2.32. The minimum Gasteiger partial charge on any atom is -0.507 e. The van der Waals surface area contributed by atoms with Gasteiger partial charge in [-0.2, -0.15) is 0 Å². The Morgan fingerprint density at radius 3 is 2.11 bits per heavy atom. The quantitative estimate of drug-likeness (QED) is 0.631. The summed E-state index contributed by atoms with van der Waals surface area (Å²) in [4.78, 5) is 22.9. The molecule has 1 aromatic rings. The lowest BCUT2D eigenvalue weighted by atomic mass is 9.92. The molecule has 0 heterocycles. The smallest absolute Gasteiger partial charge is 0.310 e. The third-order valence-corrected chi connectivity index (χ3v) is 2.96. The second-order valence-corrected chi connectivity index (χ2v) is 4.11. The fourth-order valence-corrected chi connectivity index (χ4v) is 1.87. The van der Waals surface area contributed by atoms with E-state index in [9.17, 15) is 19.8 Å². The number of esters is 1. The predicted molar refractivity (Wildman–Crippen MR) is 65.0 cm³/mol. The largest absolute Gasteiger partial charge is 0.507 e. The van der Waals surface area contributed by atoms with Crippen LogP contribution >= 0.6 is 0 Å². The fraction of sp³-hybridized carbons (Fsp3) is 0.385. The minimum atomic E-state index is -0.539. The van der Waals surface area contributed by atoms with Crippen LogP contribution in [-0.4, -0.2) is 29.1 Å². The molecule has 0 amide bonds. The minimum absolute atomic E-state index is 0.0631. The lowest BCUT2D eigenvalue weighted by Gasteiger charge is -2.16. The summed E-state index contributed by atoms with van der Waals surface area (Å²) in [6.07, 6.45) is -0.168. The highest BCUT2D eigenvalue weighted by Crippen LogP contribution is 2.37. The van der Waals surface area contributed by atoms with Gasteiger partial charge in [-0.25, -0.2) is 0 Å². The lowest BCUT2D eigenvalue weighted by Crippen LogP contribution is -2.11. The molecule has 1 rings (SSSR count). The van der Waals surface area contributed by atoms with Crippen molar-refractivity contribution in [3.05, 3.63) is 22.3 Å². The standard InChI is InChI=1S/C13H16O5/c1-6-9(5-10(15)18-4)11(8(3)14)13(17)7(2)12(6)16/h16-17H,5H2,1-4H3. The molecule has 0 atom stereocenters. The number of methoxy groups -OCH3 is 1. The second-order valence-electron chi connectivity index (χ2n) is 4.11. The second kappa shape index (κ2) is 5.08. The monoisotopic (exact) mass is 252 g/mol. The highest BCUT2D eigenvalue weighted by molar-refractivity contribution is 6.00. The number of hydrogen-bond donors (Lipinski definition) is 2. The first-order valence-electron chi connectivity index (χ1n) is 5.42. The van der Waals surface area contributed by atoms with E-state index in [0.29, 0.717) is 11.1 Å². The van der Waals surface area contributed by atoms with Crippen LogP contribution < -0.4 is 0 Å². The van der Waals surface area contributed by atoms with E-state index in [1.165, 1.54) is 21.0 Å². The number of Topliss-reactive ketones (excluding diaryl/α,β-unsaturated/α-hetero) is 1. The molecule has 0 radical (unpaired) electrons. The Labute approximate surface area is 105 Å². The first-order valence-corrected chi connectivity index (χ1v) is 5.42. The van der Waals surface area contributed by atoms with Gasteiger partial charge >= 0.3 is 5.97 Å². The van der Waals surface area contributed by atoms with E-state index in [2.05, 4.69) is 4.74 Å². The van der Waals surface area contributed by atoms with Crippen molar-refractivity contribution in [2.24, 2.45) is 0 Å². The van der Waals surface area contributed by atoms with Crippen molar-refractivity contribution in [2.45, 2.75) is 27.2 Å². The molecular formula is C13H16O5. The number of phenols is 2. The predicted octanol–water partition coefficient (Wildman–Crippen LogP) is 1.63. The summed E-state index contributed by atoms with van der Waals surface area (Å²) in [6, 6.07) is 0. The SMILES string of the molecule is COC(=O)Cc1c(C)c(O)c(C)c(O)c1C(C)=O. The van der Waals surface area contributed by atoms with Crippen LogP contribution in [0.15, 0.2) is 0 Å². The zero-order valence-corrected chi connectivity index (χ0v) is 10.8. The summed E-state index contributed by atoms with van der Waals surface area (Å²) in [7, 11) is 1.24. The van der Waals surface area contributed by atoms with Gasteiger partial charge in [0.1, 0.15) is 11.5 Å². The van der Waals surface area contributed by atoms with Gasteiger partial charge in [-0.15, -0.1) is 0 Å². The highest BCUT2D eigenvalue weighted by Gasteiger charge is 2.23. The van der Waals surface area contributed by atoms with Crippen molar-refractivity contribution in [3.8, 4) is 11.5 Å². The Balaban J connectivity index is 3.56. The summed E-state index contributed by atoms with van der Waals surface area (Å²) in [5, 5.41) is 19.7. The third-order valence-electron chi connectivity index (χ3n) is 2.96. The van der Waals surface area contributed by atoms with Crippen LogP contribution in [0.5, 0.6) is 11.5 Å². The molecule has 0 aliphatic heterocycles. The van der Waals surface area contributed by atoms with E-state index in [0.717, 1.165) is 0 Å². The van der Waals surface area contributed by atoms with Gasteiger partial charge in [-0.3, -0.25) is 9.59 Å². The molecule has 0 saturated heterocycles. The van der Waals surface area contributed by atoms with Crippen LogP contribution in [0.1, 0.15) is 34.0 Å². The number of carbonyl (C=O) groups is 2. The van der Waals surface area contributed by atoms with E-state index >= 15 is 0 Å². The molecule has 0 bridgehead atoms. The molecule has 0 aromatic heterocycles. The van der Waals surface area contributed by atoms with E-state index in [-0.39, 0.29) is 34.8 Å². The van der Waals surface area contributed by atoms with Crippen LogP contribution in [0.3, 0.4) is 0 Å². The molecule has 2 N–H and O–H groups in total. The van der Waals surface area contributed by atoms with Crippen LogP contribution in [0.4, 0.5) is 0 Å². The maximum Gasteiger partial charge on any atom is 0.310 e. The first kappa shape index (κ1) is 14.0. The molecular weight excluding hydrogens is 236 g/mol. The molecule has 5 heteroatoms. The molecule has 0 spiro atoms. The van der Waals surface area contributed by atoms with Crippen molar-refractivity contribution in [3.63, 3.8) is 0 Å². The van der Waals surface area contributed by atoms with Gasteiger partial charge in [-0.1, -0.05) is 0 Å². The summed E-state index contributed by atoms with van der Waals surface area (Å²) in [5.74, 6) is -1.30. The van der Waals surface area contributed by atoms with Gasteiger partial charge in [0.2, 0.25) is 0 Å². The van der Waals surface area contributed by atoms with Gasteiger partial charge in [0, 0.05) is 5.56 Å². The van der Waals surface area contributed by atoms with Crippen molar-refractivity contribution in [1.82, 2.24) is 0 Å². The van der Waals surface area contributed by atoms with Crippen LogP contribution in [0, 0.1) is 13.8 Å². The molecule has 1 aromatic carbocycles. The number of benzene rings is 1. The molecule has 0 fully saturated rings. The number of rotatable bonds is 3. The van der Waals surface area contributed by atoms with Crippen LogP contribution in [0.25, 0.3) is 0 Å². The van der Waals surface area contributed by atoms with Crippen molar-refractivity contribution in [2.75, 3.05) is 7.11 Å². The van der Waals surface area contributed by atoms with Gasteiger partial charge in [-0.05, 0) is 31.9 Å². The average molecular weight is 252 g/mol. The number of phenolic OH excluding ortho intramolecular Hbond substituents is 2. The van der Waals surface area contributed by atoms with E-state index < -0.39 is 5.97 Å².